The van der Waals surface area contributed by atoms with E-state index in [9.17, 15) is 9.59 Å². The Morgan fingerprint density at radius 1 is 0.667 bits per heavy atom. The average Bonchev–Trinajstić information content (AvgIpc) is 2.90. The van der Waals surface area contributed by atoms with E-state index in [1.54, 1.807) is 64.9 Å². The molecule has 2 aromatic rings. The van der Waals surface area contributed by atoms with E-state index in [-0.39, 0.29) is 12.2 Å². The molecule has 1 fully saturated rings. The zero-order valence-electron chi connectivity index (χ0n) is 21.0. The Balaban J connectivity index is 1.50. The SMILES string of the molecule is COc1ccc(/C=C/C(=O)OC2CCCC(OC(=O)/C=C/c3ccc(OC)c(OC)c3)C2)cc1OC. The molecule has 0 bridgehead atoms. The smallest absolute Gasteiger partial charge is 0.331 e. The van der Waals surface area contributed by atoms with Crippen LogP contribution in [-0.4, -0.2) is 52.6 Å². The summed E-state index contributed by atoms with van der Waals surface area (Å²) >= 11 is 0. The van der Waals surface area contributed by atoms with E-state index in [1.807, 2.05) is 12.1 Å². The topological polar surface area (TPSA) is 89.5 Å². The highest BCUT2D eigenvalue weighted by Gasteiger charge is 2.26. The highest BCUT2D eigenvalue weighted by atomic mass is 16.6. The fourth-order valence-corrected chi connectivity index (χ4v) is 3.96. The third-order valence-corrected chi connectivity index (χ3v) is 5.78. The monoisotopic (exact) mass is 496 g/mol. The van der Waals surface area contributed by atoms with Crippen molar-refractivity contribution in [1.29, 1.82) is 0 Å². The van der Waals surface area contributed by atoms with Crippen molar-refractivity contribution in [3.05, 3.63) is 59.7 Å². The lowest BCUT2D eigenvalue weighted by Crippen LogP contribution is -2.30. The Hall–Kier alpha value is -3.94. The molecular weight excluding hydrogens is 464 g/mol. The standard InChI is InChI=1S/C28H32O8/c1-31-23-12-8-19(16-25(23)33-3)10-14-27(29)35-21-6-5-7-22(18-21)36-28(30)15-11-20-9-13-24(32-2)26(17-20)34-4/h8-17,21-22H,5-7,18H2,1-4H3/b14-10+,15-11+. The fourth-order valence-electron chi connectivity index (χ4n) is 3.96. The van der Waals surface area contributed by atoms with Gasteiger partial charge < -0.3 is 28.4 Å². The zero-order chi connectivity index (χ0) is 25.9. The second kappa shape index (κ2) is 13.2. The van der Waals surface area contributed by atoms with Crippen LogP contribution in [0.3, 0.4) is 0 Å². The molecule has 0 amide bonds. The average molecular weight is 497 g/mol. The molecule has 0 N–H and O–H groups in total. The van der Waals surface area contributed by atoms with Crippen LogP contribution in [-0.2, 0) is 19.1 Å². The van der Waals surface area contributed by atoms with Crippen LogP contribution in [0.1, 0.15) is 36.8 Å². The van der Waals surface area contributed by atoms with Crippen LogP contribution in [0.5, 0.6) is 23.0 Å². The first-order valence-electron chi connectivity index (χ1n) is 11.7. The number of benzene rings is 2. The minimum Gasteiger partial charge on any atom is -0.493 e. The number of carbonyl (C=O) groups is 2. The summed E-state index contributed by atoms with van der Waals surface area (Å²) < 4.78 is 32.2. The Morgan fingerprint density at radius 2 is 1.08 bits per heavy atom. The molecule has 192 valence electrons. The molecule has 2 aromatic carbocycles. The summed E-state index contributed by atoms with van der Waals surface area (Å²) in [7, 11) is 6.23. The van der Waals surface area contributed by atoms with E-state index in [4.69, 9.17) is 28.4 Å². The summed E-state index contributed by atoms with van der Waals surface area (Å²) in [4.78, 5) is 24.7. The quantitative estimate of drug-likeness (QED) is 0.341. The summed E-state index contributed by atoms with van der Waals surface area (Å²) in [6.45, 7) is 0. The molecule has 8 nitrogen and oxygen atoms in total. The van der Waals surface area contributed by atoms with Crippen molar-refractivity contribution >= 4 is 24.1 Å². The molecule has 0 aromatic heterocycles. The summed E-state index contributed by atoms with van der Waals surface area (Å²) in [5.41, 5.74) is 1.56. The van der Waals surface area contributed by atoms with E-state index in [0.29, 0.717) is 29.4 Å². The van der Waals surface area contributed by atoms with Gasteiger partial charge in [0, 0.05) is 18.6 Å². The first kappa shape index (κ1) is 26.7. The second-order valence-electron chi connectivity index (χ2n) is 8.18. The zero-order valence-corrected chi connectivity index (χ0v) is 21.0. The number of rotatable bonds is 10. The lowest BCUT2D eigenvalue weighted by molar-refractivity contribution is -0.152. The number of hydrogen-bond donors (Lipinski definition) is 0. The lowest BCUT2D eigenvalue weighted by atomic mass is 9.95. The molecule has 0 heterocycles. The minimum atomic E-state index is -0.449. The first-order valence-corrected chi connectivity index (χ1v) is 11.7. The Morgan fingerprint density at radius 3 is 1.47 bits per heavy atom. The summed E-state index contributed by atoms with van der Waals surface area (Å²) in [5, 5.41) is 0. The number of methoxy groups -OCH3 is 4. The van der Waals surface area contributed by atoms with Crippen molar-refractivity contribution in [3.63, 3.8) is 0 Å². The van der Waals surface area contributed by atoms with Crippen molar-refractivity contribution in [3.8, 4) is 23.0 Å². The van der Waals surface area contributed by atoms with Crippen molar-refractivity contribution in [2.24, 2.45) is 0 Å². The van der Waals surface area contributed by atoms with Gasteiger partial charge >= 0.3 is 11.9 Å². The molecule has 0 spiro atoms. The van der Waals surface area contributed by atoms with Crippen LogP contribution < -0.4 is 18.9 Å². The van der Waals surface area contributed by atoms with Gasteiger partial charge in [-0.05, 0) is 66.8 Å². The van der Waals surface area contributed by atoms with E-state index >= 15 is 0 Å². The summed E-state index contributed by atoms with van der Waals surface area (Å²) in [6.07, 6.45) is 8.17. The Labute approximate surface area is 211 Å². The largest absolute Gasteiger partial charge is 0.493 e. The Kier molecular flexibility index (Phi) is 9.80. The fraction of sp³-hybridized carbons (Fsp3) is 0.357. The molecule has 8 heteroatoms. The van der Waals surface area contributed by atoms with Gasteiger partial charge in [0.1, 0.15) is 12.2 Å². The molecule has 1 aliphatic rings. The maximum Gasteiger partial charge on any atom is 0.331 e. The van der Waals surface area contributed by atoms with Crippen molar-refractivity contribution in [2.75, 3.05) is 28.4 Å². The predicted octanol–water partition coefficient (Wildman–Crippen LogP) is 4.85. The van der Waals surface area contributed by atoms with E-state index < -0.39 is 11.9 Å². The number of carbonyl (C=O) groups excluding carboxylic acids is 2. The number of ether oxygens (including phenoxy) is 6. The highest BCUT2D eigenvalue weighted by Crippen LogP contribution is 2.29. The predicted molar refractivity (Wildman–Crippen MR) is 135 cm³/mol. The third-order valence-electron chi connectivity index (χ3n) is 5.78. The van der Waals surface area contributed by atoms with Gasteiger partial charge in [0.2, 0.25) is 0 Å². The van der Waals surface area contributed by atoms with E-state index in [1.165, 1.54) is 12.2 Å². The van der Waals surface area contributed by atoms with Crippen LogP contribution in [0.2, 0.25) is 0 Å². The minimum absolute atomic E-state index is 0.311. The van der Waals surface area contributed by atoms with Gasteiger partial charge in [0.05, 0.1) is 28.4 Å². The van der Waals surface area contributed by atoms with E-state index in [0.717, 1.165) is 30.4 Å². The molecule has 0 aliphatic heterocycles. The molecule has 3 rings (SSSR count). The van der Waals surface area contributed by atoms with Crippen LogP contribution >= 0.6 is 0 Å². The first-order chi connectivity index (χ1) is 17.4. The van der Waals surface area contributed by atoms with Crippen LogP contribution in [0, 0.1) is 0 Å². The van der Waals surface area contributed by atoms with Crippen LogP contribution in [0.4, 0.5) is 0 Å². The maximum atomic E-state index is 12.3. The van der Waals surface area contributed by atoms with Gasteiger partial charge in [-0.3, -0.25) is 0 Å². The summed E-state index contributed by atoms with van der Waals surface area (Å²) in [5.74, 6) is 1.47. The lowest BCUT2D eigenvalue weighted by Gasteiger charge is -2.28. The number of esters is 2. The summed E-state index contributed by atoms with van der Waals surface area (Å²) in [6, 6.07) is 10.7. The van der Waals surface area contributed by atoms with Crippen LogP contribution in [0.25, 0.3) is 12.2 Å². The molecule has 1 aliphatic carbocycles. The van der Waals surface area contributed by atoms with Crippen molar-refractivity contribution in [2.45, 2.75) is 37.9 Å². The molecule has 2 atom stereocenters. The van der Waals surface area contributed by atoms with Crippen LogP contribution in [0.15, 0.2) is 48.6 Å². The van der Waals surface area contributed by atoms with Gasteiger partial charge in [-0.15, -0.1) is 0 Å². The van der Waals surface area contributed by atoms with Gasteiger partial charge in [-0.25, -0.2) is 9.59 Å². The van der Waals surface area contributed by atoms with Gasteiger partial charge in [-0.2, -0.15) is 0 Å². The van der Waals surface area contributed by atoms with Crippen molar-refractivity contribution < 1.29 is 38.0 Å². The molecule has 36 heavy (non-hydrogen) atoms. The maximum absolute atomic E-state index is 12.3. The normalized spacial score (nSPS) is 17.6. The number of hydrogen-bond acceptors (Lipinski definition) is 8. The molecular formula is C28H32O8. The van der Waals surface area contributed by atoms with Gasteiger partial charge in [-0.1, -0.05) is 12.1 Å². The molecule has 1 saturated carbocycles. The van der Waals surface area contributed by atoms with Gasteiger partial charge in [0.15, 0.2) is 23.0 Å². The van der Waals surface area contributed by atoms with Crippen molar-refractivity contribution in [1.82, 2.24) is 0 Å². The molecule has 0 saturated heterocycles. The molecule has 0 radical (unpaired) electrons. The highest BCUT2D eigenvalue weighted by molar-refractivity contribution is 5.88. The Bertz CT molecular complexity index is 1020. The third kappa shape index (κ3) is 7.53. The molecule has 2 unspecified atom stereocenters. The van der Waals surface area contributed by atoms with E-state index in [2.05, 4.69) is 0 Å². The van der Waals surface area contributed by atoms with Gasteiger partial charge in [0.25, 0.3) is 0 Å². The second-order valence-corrected chi connectivity index (χ2v) is 8.18.